The molecule has 0 saturated heterocycles. The molecule has 0 bridgehead atoms. The Hall–Kier alpha value is -2.05. The number of carbonyl (C=O) groups is 1. The molecule has 22 heavy (non-hydrogen) atoms. The lowest BCUT2D eigenvalue weighted by Crippen LogP contribution is -2.37. The second-order valence-electron chi connectivity index (χ2n) is 4.77. The number of para-hydroxylation sites is 1. The number of amides is 2. The summed E-state index contributed by atoms with van der Waals surface area (Å²) in [4.78, 5) is 13.7. The van der Waals surface area contributed by atoms with Crippen molar-refractivity contribution in [2.24, 2.45) is 0 Å². The number of nitrogens with one attached hydrogen (secondary N) is 1. The number of urea groups is 1. The van der Waals surface area contributed by atoms with Gasteiger partial charge in [-0.15, -0.1) is 0 Å². The summed E-state index contributed by atoms with van der Waals surface area (Å²) in [7, 11) is 0. The summed E-state index contributed by atoms with van der Waals surface area (Å²) in [5, 5.41) is 16.6. The lowest BCUT2D eigenvalue weighted by Gasteiger charge is -2.20. The van der Waals surface area contributed by atoms with Gasteiger partial charge in [-0.25, -0.2) is 9.48 Å². The first-order valence-electron chi connectivity index (χ1n) is 7.12. The van der Waals surface area contributed by atoms with Crippen LogP contribution in [0, 0.1) is 0 Å². The number of anilines is 1. The Morgan fingerprint density at radius 2 is 2.18 bits per heavy atom. The van der Waals surface area contributed by atoms with Crippen molar-refractivity contribution in [3.8, 4) is 5.69 Å². The maximum absolute atomic E-state index is 12.1. The zero-order valence-electron chi connectivity index (χ0n) is 12.4. The van der Waals surface area contributed by atoms with Gasteiger partial charge in [-0.2, -0.15) is 5.10 Å². The Balaban J connectivity index is 2.08. The Labute approximate surface area is 134 Å². The Morgan fingerprint density at radius 1 is 1.41 bits per heavy atom. The smallest absolute Gasteiger partial charge is 0.322 e. The van der Waals surface area contributed by atoms with Crippen molar-refractivity contribution in [2.75, 3.05) is 25.0 Å². The van der Waals surface area contributed by atoms with Crippen LogP contribution < -0.4 is 5.32 Å². The number of nitrogens with zero attached hydrogens (tertiary/aromatic N) is 3. The maximum Gasteiger partial charge on any atom is 0.322 e. The molecule has 0 atom stereocenters. The predicted molar refractivity (Wildman–Crippen MR) is 86.5 cm³/mol. The molecule has 6 nitrogen and oxygen atoms in total. The molecule has 0 aliphatic carbocycles. The third kappa shape index (κ3) is 3.99. The number of hydrogen-bond donors (Lipinski definition) is 2. The van der Waals surface area contributed by atoms with Gasteiger partial charge in [0.25, 0.3) is 0 Å². The lowest BCUT2D eigenvalue weighted by atomic mass is 10.3. The van der Waals surface area contributed by atoms with Crippen LogP contribution in [0.25, 0.3) is 5.69 Å². The minimum atomic E-state index is -0.255. The van der Waals surface area contributed by atoms with Gasteiger partial charge in [-0.3, -0.25) is 0 Å². The molecule has 1 aromatic carbocycles. The highest BCUT2D eigenvalue weighted by Crippen LogP contribution is 2.20. The van der Waals surface area contributed by atoms with Gasteiger partial charge in [0.05, 0.1) is 35.4 Å². The average molecular weight is 323 g/mol. The van der Waals surface area contributed by atoms with E-state index in [4.69, 9.17) is 16.7 Å². The lowest BCUT2D eigenvalue weighted by molar-refractivity contribution is 0.188. The third-order valence-electron chi connectivity index (χ3n) is 3.08. The monoisotopic (exact) mass is 322 g/mol. The first kappa shape index (κ1) is 16.3. The molecular formula is C15H19ClN4O2. The van der Waals surface area contributed by atoms with Crippen LogP contribution in [0.5, 0.6) is 0 Å². The summed E-state index contributed by atoms with van der Waals surface area (Å²) in [6.45, 7) is 2.81. The van der Waals surface area contributed by atoms with Gasteiger partial charge in [0, 0.05) is 13.1 Å². The van der Waals surface area contributed by atoms with Crippen LogP contribution in [-0.4, -0.2) is 45.5 Å². The van der Waals surface area contributed by atoms with E-state index in [9.17, 15) is 4.79 Å². The van der Waals surface area contributed by atoms with Crippen molar-refractivity contribution in [1.29, 1.82) is 0 Å². The minimum absolute atomic E-state index is 0.0632. The molecule has 1 heterocycles. The maximum atomic E-state index is 12.1. The van der Waals surface area contributed by atoms with Crippen molar-refractivity contribution in [2.45, 2.75) is 13.3 Å². The quantitative estimate of drug-likeness (QED) is 0.859. The van der Waals surface area contributed by atoms with Crippen LogP contribution in [0.1, 0.15) is 13.3 Å². The van der Waals surface area contributed by atoms with Crippen molar-refractivity contribution >= 4 is 23.3 Å². The van der Waals surface area contributed by atoms with E-state index in [-0.39, 0.29) is 12.6 Å². The van der Waals surface area contributed by atoms with Gasteiger partial charge in [0.1, 0.15) is 0 Å². The molecule has 0 saturated carbocycles. The number of aliphatic hydroxyl groups is 1. The third-order valence-corrected chi connectivity index (χ3v) is 3.40. The number of aliphatic hydroxyl groups excluding tert-OH is 1. The molecule has 0 fully saturated rings. The van der Waals surface area contributed by atoms with E-state index in [2.05, 4.69) is 10.4 Å². The second kappa shape index (κ2) is 7.82. The fraction of sp³-hybridized carbons (Fsp3) is 0.333. The van der Waals surface area contributed by atoms with Gasteiger partial charge < -0.3 is 15.3 Å². The Kier molecular flexibility index (Phi) is 5.80. The molecule has 118 valence electrons. The number of aromatic nitrogens is 2. The van der Waals surface area contributed by atoms with E-state index in [1.165, 1.54) is 0 Å². The van der Waals surface area contributed by atoms with Crippen LogP contribution in [0.2, 0.25) is 5.02 Å². The predicted octanol–water partition coefficient (Wildman–Crippen LogP) is 2.76. The van der Waals surface area contributed by atoms with Crippen LogP contribution in [-0.2, 0) is 0 Å². The zero-order chi connectivity index (χ0) is 15.9. The highest BCUT2D eigenvalue weighted by atomic mass is 35.5. The minimum Gasteiger partial charge on any atom is -0.395 e. The van der Waals surface area contributed by atoms with Crippen molar-refractivity contribution in [3.63, 3.8) is 0 Å². The highest BCUT2D eigenvalue weighted by molar-refractivity contribution is 6.32. The molecule has 7 heteroatoms. The van der Waals surface area contributed by atoms with E-state index in [1.807, 2.05) is 25.1 Å². The van der Waals surface area contributed by atoms with Crippen molar-refractivity contribution in [1.82, 2.24) is 14.7 Å². The fourth-order valence-electron chi connectivity index (χ4n) is 2.06. The van der Waals surface area contributed by atoms with Crippen LogP contribution in [0.3, 0.4) is 0 Å². The summed E-state index contributed by atoms with van der Waals surface area (Å²) in [5.41, 5.74) is 1.31. The number of hydrogen-bond acceptors (Lipinski definition) is 3. The number of carbonyl (C=O) groups excluding carboxylic acids is 1. The first-order chi connectivity index (χ1) is 10.7. The molecule has 0 spiro atoms. The van der Waals surface area contributed by atoms with Crippen molar-refractivity contribution in [3.05, 3.63) is 41.7 Å². The highest BCUT2D eigenvalue weighted by Gasteiger charge is 2.13. The van der Waals surface area contributed by atoms with Crippen LogP contribution in [0.4, 0.5) is 10.5 Å². The largest absolute Gasteiger partial charge is 0.395 e. The van der Waals surface area contributed by atoms with Crippen LogP contribution in [0.15, 0.2) is 36.7 Å². The second-order valence-corrected chi connectivity index (χ2v) is 5.17. The standard InChI is InChI=1S/C15H19ClN4O2/c1-2-7-19(8-9-21)15(22)18-12-10-17-20(11-12)14-6-4-3-5-13(14)16/h3-6,10-11,21H,2,7-9H2,1H3,(H,18,22). The molecule has 1 aromatic heterocycles. The van der Waals surface area contributed by atoms with E-state index in [0.29, 0.717) is 23.8 Å². The summed E-state index contributed by atoms with van der Waals surface area (Å²) in [6.07, 6.45) is 4.08. The first-order valence-corrected chi connectivity index (χ1v) is 7.50. The van der Waals surface area contributed by atoms with E-state index in [1.54, 1.807) is 28.0 Å². The molecular weight excluding hydrogens is 304 g/mol. The molecule has 0 unspecified atom stereocenters. The fourth-order valence-corrected chi connectivity index (χ4v) is 2.29. The molecule has 2 rings (SSSR count). The van der Waals surface area contributed by atoms with Gasteiger partial charge >= 0.3 is 6.03 Å². The van der Waals surface area contributed by atoms with E-state index >= 15 is 0 Å². The topological polar surface area (TPSA) is 70.4 Å². The molecule has 2 aromatic rings. The average Bonchev–Trinajstić information content (AvgIpc) is 2.95. The normalized spacial score (nSPS) is 10.5. The van der Waals surface area contributed by atoms with Gasteiger partial charge in [0.2, 0.25) is 0 Å². The van der Waals surface area contributed by atoms with E-state index in [0.717, 1.165) is 12.1 Å². The van der Waals surface area contributed by atoms with Gasteiger partial charge in [0.15, 0.2) is 0 Å². The number of halogens is 1. The number of rotatable bonds is 6. The summed E-state index contributed by atoms with van der Waals surface area (Å²) in [5.74, 6) is 0. The van der Waals surface area contributed by atoms with E-state index < -0.39 is 0 Å². The molecule has 0 aliphatic heterocycles. The Bertz CT molecular complexity index is 624. The Morgan fingerprint density at radius 3 is 2.86 bits per heavy atom. The zero-order valence-corrected chi connectivity index (χ0v) is 13.1. The molecule has 0 aliphatic rings. The van der Waals surface area contributed by atoms with Gasteiger partial charge in [-0.05, 0) is 18.6 Å². The SMILES string of the molecule is CCCN(CCO)C(=O)Nc1cnn(-c2ccccc2Cl)c1. The van der Waals surface area contributed by atoms with Crippen LogP contribution >= 0.6 is 11.6 Å². The molecule has 2 amide bonds. The number of benzene rings is 1. The molecule has 2 N–H and O–H groups in total. The van der Waals surface area contributed by atoms with Crippen molar-refractivity contribution < 1.29 is 9.90 Å². The summed E-state index contributed by atoms with van der Waals surface area (Å²) < 4.78 is 1.61. The van der Waals surface area contributed by atoms with Gasteiger partial charge in [-0.1, -0.05) is 30.7 Å². The molecule has 0 radical (unpaired) electrons. The summed E-state index contributed by atoms with van der Waals surface area (Å²) in [6, 6.07) is 7.08. The summed E-state index contributed by atoms with van der Waals surface area (Å²) >= 11 is 6.12.